The van der Waals surface area contributed by atoms with Crippen molar-refractivity contribution in [3.05, 3.63) is 60.4 Å². The molecule has 166 valence electrons. The van der Waals surface area contributed by atoms with Gasteiger partial charge in [-0.1, -0.05) is 55.9 Å². The van der Waals surface area contributed by atoms with Crippen molar-refractivity contribution in [3.8, 4) is 17.5 Å². The first kappa shape index (κ1) is 23.5. The minimum atomic E-state index is -0.475. The zero-order valence-electron chi connectivity index (χ0n) is 18.4. The minimum absolute atomic E-state index is 0.122. The third kappa shape index (κ3) is 5.54. The minimum Gasteiger partial charge on any atom is -0.310 e. The van der Waals surface area contributed by atoms with Gasteiger partial charge in [-0.2, -0.15) is 5.26 Å². The van der Waals surface area contributed by atoms with Crippen LogP contribution in [0.5, 0.6) is 0 Å². The van der Waals surface area contributed by atoms with Gasteiger partial charge in [0.1, 0.15) is 5.82 Å². The summed E-state index contributed by atoms with van der Waals surface area (Å²) in [6, 6.07) is 17.9. The van der Waals surface area contributed by atoms with Crippen molar-refractivity contribution >= 4 is 23.4 Å². The number of thioether (sulfide) groups is 1. The van der Waals surface area contributed by atoms with Crippen molar-refractivity contribution in [2.24, 2.45) is 5.92 Å². The number of carbonyl (C=O) groups is 1. The highest BCUT2D eigenvalue weighted by Crippen LogP contribution is 2.30. The molecule has 1 aromatic heterocycles. The monoisotopic (exact) mass is 451 g/mol. The third-order valence-electron chi connectivity index (χ3n) is 4.79. The molecule has 1 amide bonds. The molecule has 3 aromatic rings. The number of nitrogens with zero attached hydrogens (tertiary/aromatic N) is 5. The van der Waals surface area contributed by atoms with Crippen LogP contribution in [0.25, 0.3) is 11.4 Å². The van der Waals surface area contributed by atoms with Gasteiger partial charge < -0.3 is 9.47 Å². The predicted molar refractivity (Wildman–Crippen MR) is 125 cm³/mol. The van der Waals surface area contributed by atoms with Crippen molar-refractivity contribution in [3.63, 3.8) is 0 Å². The van der Waals surface area contributed by atoms with Crippen LogP contribution in [0.15, 0.2) is 59.8 Å². The van der Waals surface area contributed by atoms with Gasteiger partial charge in [0.2, 0.25) is 5.91 Å². The van der Waals surface area contributed by atoms with Gasteiger partial charge in [-0.3, -0.25) is 4.79 Å². The van der Waals surface area contributed by atoms with Gasteiger partial charge in [-0.15, -0.1) is 10.2 Å². The second kappa shape index (κ2) is 10.9. The Morgan fingerprint density at radius 3 is 2.47 bits per heavy atom. The van der Waals surface area contributed by atoms with Gasteiger partial charge in [-0.25, -0.2) is 4.39 Å². The topological polar surface area (TPSA) is 74.8 Å². The summed E-state index contributed by atoms with van der Waals surface area (Å²) in [6.45, 7) is 6.84. The van der Waals surface area contributed by atoms with Crippen LogP contribution in [0.4, 0.5) is 10.1 Å². The van der Waals surface area contributed by atoms with E-state index in [0.29, 0.717) is 29.6 Å². The molecule has 0 radical (unpaired) electrons. The Morgan fingerprint density at radius 2 is 1.81 bits per heavy atom. The Hall–Kier alpha value is -3.18. The van der Waals surface area contributed by atoms with Crippen LogP contribution in [0, 0.1) is 23.1 Å². The van der Waals surface area contributed by atoms with Crippen molar-refractivity contribution in [2.75, 3.05) is 11.4 Å². The second-order valence-corrected chi connectivity index (χ2v) is 9.09. The normalized spacial score (nSPS) is 11.9. The molecule has 1 heterocycles. The van der Waals surface area contributed by atoms with E-state index in [4.69, 9.17) is 5.26 Å². The van der Waals surface area contributed by atoms with Gasteiger partial charge in [0.15, 0.2) is 11.0 Å². The third-order valence-corrected chi connectivity index (χ3v) is 5.86. The highest BCUT2D eigenvalue weighted by molar-refractivity contribution is 8.00. The SMILES string of the molecule is CC(C)Cn1c(SC(C)C(=O)N(CCC#N)c2ccccc2)nnc1-c1ccccc1F. The maximum Gasteiger partial charge on any atom is 0.240 e. The van der Waals surface area contributed by atoms with Crippen molar-refractivity contribution < 1.29 is 9.18 Å². The van der Waals surface area contributed by atoms with Crippen LogP contribution in [-0.2, 0) is 11.3 Å². The van der Waals surface area contributed by atoms with E-state index in [9.17, 15) is 9.18 Å². The Kier molecular flexibility index (Phi) is 8.01. The lowest BCUT2D eigenvalue weighted by Crippen LogP contribution is -2.37. The van der Waals surface area contributed by atoms with E-state index in [-0.39, 0.29) is 24.1 Å². The number of amides is 1. The standard InChI is InChI=1S/C24H26FN5OS/c1-17(2)16-30-22(20-12-7-8-13-21(20)25)27-28-24(30)32-18(3)23(31)29(15-9-14-26)19-10-5-4-6-11-19/h4-8,10-13,17-18H,9,15-16H2,1-3H3. The molecular weight excluding hydrogens is 425 g/mol. The van der Waals surface area contributed by atoms with E-state index < -0.39 is 5.25 Å². The zero-order valence-corrected chi connectivity index (χ0v) is 19.2. The number of aromatic nitrogens is 3. The van der Waals surface area contributed by atoms with E-state index in [2.05, 4.69) is 30.1 Å². The Labute approximate surface area is 192 Å². The summed E-state index contributed by atoms with van der Waals surface area (Å²) in [6.07, 6.45) is 0.235. The van der Waals surface area contributed by atoms with Gasteiger partial charge in [0.05, 0.1) is 23.3 Å². The van der Waals surface area contributed by atoms with E-state index in [1.165, 1.54) is 17.8 Å². The van der Waals surface area contributed by atoms with Gasteiger partial charge in [-0.05, 0) is 37.1 Å². The summed E-state index contributed by atoms with van der Waals surface area (Å²) in [7, 11) is 0. The Bertz CT molecular complexity index is 1090. The van der Waals surface area contributed by atoms with E-state index in [0.717, 1.165) is 5.69 Å². The molecule has 2 aromatic carbocycles. The molecule has 1 unspecified atom stereocenters. The van der Waals surface area contributed by atoms with Crippen LogP contribution in [0.2, 0.25) is 0 Å². The number of halogens is 1. The van der Waals surface area contributed by atoms with Gasteiger partial charge in [0.25, 0.3) is 0 Å². The number of hydrogen-bond acceptors (Lipinski definition) is 5. The molecule has 0 N–H and O–H groups in total. The van der Waals surface area contributed by atoms with Gasteiger partial charge in [0, 0.05) is 18.8 Å². The van der Waals surface area contributed by atoms with Crippen LogP contribution in [0.3, 0.4) is 0 Å². The molecule has 6 nitrogen and oxygen atoms in total. The molecule has 0 aliphatic rings. The summed E-state index contributed by atoms with van der Waals surface area (Å²) in [5.41, 5.74) is 1.13. The maximum absolute atomic E-state index is 14.4. The molecule has 3 rings (SSSR count). The number of benzene rings is 2. The highest BCUT2D eigenvalue weighted by atomic mass is 32.2. The first-order valence-electron chi connectivity index (χ1n) is 10.5. The van der Waals surface area contributed by atoms with Crippen molar-refractivity contribution in [1.82, 2.24) is 14.8 Å². The molecule has 0 saturated carbocycles. The van der Waals surface area contributed by atoms with Gasteiger partial charge >= 0.3 is 0 Å². The lowest BCUT2D eigenvalue weighted by Gasteiger charge is -2.25. The largest absolute Gasteiger partial charge is 0.310 e. The van der Waals surface area contributed by atoms with Crippen molar-refractivity contribution in [2.45, 2.75) is 44.1 Å². The Morgan fingerprint density at radius 1 is 1.12 bits per heavy atom. The highest BCUT2D eigenvalue weighted by Gasteiger charge is 2.26. The van der Waals surface area contributed by atoms with Crippen molar-refractivity contribution in [1.29, 1.82) is 5.26 Å². The number of carbonyl (C=O) groups excluding carboxylic acids is 1. The second-order valence-electron chi connectivity index (χ2n) is 7.78. The van der Waals surface area contributed by atoms with E-state index >= 15 is 0 Å². The summed E-state index contributed by atoms with van der Waals surface area (Å²) in [5, 5.41) is 17.7. The smallest absolute Gasteiger partial charge is 0.240 e. The molecule has 0 aliphatic carbocycles. The molecule has 0 bridgehead atoms. The summed E-state index contributed by atoms with van der Waals surface area (Å²) in [5.74, 6) is 0.238. The summed E-state index contributed by atoms with van der Waals surface area (Å²) in [4.78, 5) is 14.9. The Balaban J connectivity index is 1.89. The quantitative estimate of drug-likeness (QED) is 0.420. The molecule has 0 aliphatic heterocycles. The fourth-order valence-electron chi connectivity index (χ4n) is 3.31. The summed E-state index contributed by atoms with van der Waals surface area (Å²) < 4.78 is 16.3. The maximum atomic E-state index is 14.4. The number of anilines is 1. The molecule has 1 atom stereocenters. The van der Waals surface area contributed by atoms with Crippen LogP contribution in [-0.4, -0.2) is 32.5 Å². The molecule has 32 heavy (non-hydrogen) atoms. The first-order valence-corrected chi connectivity index (χ1v) is 11.4. The lowest BCUT2D eigenvalue weighted by atomic mass is 10.2. The average Bonchev–Trinajstić information content (AvgIpc) is 3.16. The molecule has 8 heteroatoms. The number of rotatable bonds is 9. The lowest BCUT2D eigenvalue weighted by molar-refractivity contribution is -0.117. The number of para-hydroxylation sites is 1. The number of hydrogen-bond donors (Lipinski definition) is 0. The van der Waals surface area contributed by atoms with Crippen LogP contribution in [0.1, 0.15) is 27.2 Å². The first-order chi connectivity index (χ1) is 15.4. The van der Waals surface area contributed by atoms with Crippen LogP contribution < -0.4 is 4.90 Å². The fraction of sp³-hybridized carbons (Fsp3) is 0.333. The van der Waals surface area contributed by atoms with E-state index in [1.54, 1.807) is 23.1 Å². The van der Waals surface area contributed by atoms with E-state index in [1.807, 2.05) is 41.8 Å². The molecule has 0 saturated heterocycles. The molecular formula is C24H26FN5OS. The predicted octanol–water partition coefficient (Wildman–Crippen LogP) is 5.17. The summed E-state index contributed by atoms with van der Waals surface area (Å²) >= 11 is 1.29. The fourth-order valence-corrected chi connectivity index (χ4v) is 4.23. The zero-order chi connectivity index (χ0) is 23.1. The average molecular weight is 452 g/mol. The number of nitriles is 1. The van der Waals surface area contributed by atoms with Crippen LogP contribution >= 0.6 is 11.8 Å². The molecule has 0 spiro atoms. The molecule has 0 fully saturated rings.